The van der Waals surface area contributed by atoms with E-state index in [0.29, 0.717) is 11.6 Å². The van der Waals surface area contributed by atoms with Gasteiger partial charge in [-0.25, -0.2) is 4.79 Å². The van der Waals surface area contributed by atoms with Crippen LogP contribution in [0.2, 0.25) is 0 Å². The zero-order chi connectivity index (χ0) is 16.9. The highest BCUT2D eigenvalue weighted by Crippen LogP contribution is 2.27. The number of carbonyl (C=O) groups is 1. The Morgan fingerprint density at radius 2 is 1.96 bits per heavy atom. The lowest BCUT2D eigenvalue weighted by Gasteiger charge is -2.39. The molecule has 3 rings (SSSR count). The molecular formula is C17H26N4O3. The molecule has 132 valence electrons. The number of likely N-dealkylation sites (tertiary alicyclic amines) is 1. The highest BCUT2D eigenvalue weighted by molar-refractivity contribution is 5.78. The van der Waals surface area contributed by atoms with E-state index in [-0.39, 0.29) is 18.4 Å². The third kappa shape index (κ3) is 4.14. The average Bonchev–Trinajstić information content (AvgIpc) is 2.61. The van der Waals surface area contributed by atoms with Gasteiger partial charge in [0.25, 0.3) is 5.56 Å². The Labute approximate surface area is 140 Å². The van der Waals surface area contributed by atoms with Gasteiger partial charge in [0.1, 0.15) is 0 Å². The number of carbonyl (C=O) groups excluding carboxylic acids is 1. The van der Waals surface area contributed by atoms with E-state index >= 15 is 0 Å². The molecular weight excluding hydrogens is 308 g/mol. The lowest BCUT2D eigenvalue weighted by atomic mass is 9.90. The molecule has 0 bridgehead atoms. The normalized spacial score (nSPS) is 23.1. The summed E-state index contributed by atoms with van der Waals surface area (Å²) in [5.41, 5.74) is -0.625. The smallest absolute Gasteiger partial charge is 0.325 e. The first kappa shape index (κ1) is 17.0. The number of aromatic amines is 2. The van der Waals surface area contributed by atoms with E-state index in [1.54, 1.807) is 0 Å². The zero-order valence-corrected chi connectivity index (χ0v) is 14.0. The molecule has 1 saturated heterocycles. The first-order chi connectivity index (χ1) is 11.6. The number of aromatic nitrogens is 2. The van der Waals surface area contributed by atoms with E-state index in [1.807, 2.05) is 0 Å². The summed E-state index contributed by atoms with van der Waals surface area (Å²) in [6.45, 7) is 2.05. The quantitative estimate of drug-likeness (QED) is 0.756. The van der Waals surface area contributed by atoms with Crippen molar-refractivity contribution in [1.82, 2.24) is 20.2 Å². The monoisotopic (exact) mass is 334 g/mol. The molecule has 24 heavy (non-hydrogen) atoms. The minimum absolute atomic E-state index is 0.00103. The van der Waals surface area contributed by atoms with Gasteiger partial charge in [0.2, 0.25) is 5.91 Å². The van der Waals surface area contributed by atoms with Gasteiger partial charge in [-0.05, 0) is 32.2 Å². The number of amides is 1. The van der Waals surface area contributed by atoms with E-state index in [0.717, 1.165) is 25.9 Å². The summed E-state index contributed by atoms with van der Waals surface area (Å²) in [4.78, 5) is 42.2. The molecule has 1 aliphatic heterocycles. The second kappa shape index (κ2) is 7.79. The van der Waals surface area contributed by atoms with Gasteiger partial charge in [0, 0.05) is 25.3 Å². The van der Waals surface area contributed by atoms with Crippen molar-refractivity contribution in [2.24, 2.45) is 5.92 Å². The molecule has 2 aliphatic rings. The Hall–Kier alpha value is -1.89. The molecule has 1 amide bonds. The molecule has 0 spiro atoms. The average molecular weight is 334 g/mol. The van der Waals surface area contributed by atoms with Crippen molar-refractivity contribution in [2.45, 2.75) is 57.5 Å². The molecule has 2 fully saturated rings. The Bertz CT molecular complexity index is 675. The number of piperidine rings is 1. The Morgan fingerprint density at radius 3 is 2.71 bits per heavy atom. The largest absolute Gasteiger partial charge is 0.351 e. The van der Waals surface area contributed by atoms with Crippen LogP contribution in [0.4, 0.5) is 0 Å². The summed E-state index contributed by atoms with van der Waals surface area (Å²) in [5.74, 6) is -0.0105. The van der Waals surface area contributed by atoms with E-state index < -0.39 is 11.2 Å². The summed E-state index contributed by atoms with van der Waals surface area (Å²) in [5, 5.41) is 2.84. The maximum absolute atomic E-state index is 12.5. The molecule has 2 heterocycles. The van der Waals surface area contributed by atoms with Crippen LogP contribution in [0.25, 0.3) is 0 Å². The fourth-order valence-corrected chi connectivity index (χ4v) is 3.89. The summed E-state index contributed by atoms with van der Waals surface area (Å²) in [7, 11) is 0. The van der Waals surface area contributed by atoms with Crippen LogP contribution < -0.4 is 16.6 Å². The van der Waals surface area contributed by atoms with Crippen LogP contribution >= 0.6 is 0 Å². The third-order valence-corrected chi connectivity index (χ3v) is 5.26. The van der Waals surface area contributed by atoms with Crippen molar-refractivity contribution in [1.29, 1.82) is 0 Å². The van der Waals surface area contributed by atoms with E-state index in [4.69, 9.17) is 0 Å². The van der Waals surface area contributed by atoms with E-state index in [9.17, 15) is 14.4 Å². The number of rotatable bonds is 4. The maximum atomic E-state index is 12.5. The van der Waals surface area contributed by atoms with Crippen LogP contribution in [0.1, 0.15) is 50.5 Å². The van der Waals surface area contributed by atoms with Crippen molar-refractivity contribution < 1.29 is 4.79 Å². The number of nitrogens with one attached hydrogen (secondary N) is 3. The Morgan fingerprint density at radius 1 is 1.17 bits per heavy atom. The fraction of sp³-hybridized carbons (Fsp3) is 0.706. The van der Waals surface area contributed by atoms with Crippen LogP contribution in [0, 0.1) is 5.92 Å². The number of H-pyrrole nitrogens is 2. The van der Waals surface area contributed by atoms with Crippen molar-refractivity contribution in [3.05, 3.63) is 32.6 Å². The van der Waals surface area contributed by atoms with Gasteiger partial charge in [-0.15, -0.1) is 0 Å². The van der Waals surface area contributed by atoms with Crippen LogP contribution in [-0.4, -0.2) is 39.9 Å². The number of hydrogen-bond donors (Lipinski definition) is 3. The predicted molar refractivity (Wildman–Crippen MR) is 90.7 cm³/mol. The number of nitrogens with zero attached hydrogens (tertiary/aromatic N) is 1. The van der Waals surface area contributed by atoms with Crippen molar-refractivity contribution in [3.8, 4) is 0 Å². The topological polar surface area (TPSA) is 98.1 Å². The first-order valence-corrected chi connectivity index (χ1v) is 8.96. The number of hydrogen-bond acceptors (Lipinski definition) is 4. The van der Waals surface area contributed by atoms with Crippen LogP contribution in [-0.2, 0) is 11.3 Å². The maximum Gasteiger partial charge on any atom is 0.325 e. The van der Waals surface area contributed by atoms with Crippen molar-refractivity contribution in [2.75, 3.05) is 13.1 Å². The summed E-state index contributed by atoms with van der Waals surface area (Å²) < 4.78 is 0. The third-order valence-electron chi connectivity index (χ3n) is 5.26. The van der Waals surface area contributed by atoms with Crippen LogP contribution in [0.5, 0.6) is 0 Å². The second-order valence-corrected chi connectivity index (χ2v) is 6.94. The summed E-state index contributed by atoms with van der Waals surface area (Å²) >= 11 is 0. The Kier molecular flexibility index (Phi) is 5.50. The molecule has 1 aromatic rings. The molecule has 1 aliphatic carbocycles. The molecule has 0 aromatic carbocycles. The van der Waals surface area contributed by atoms with Gasteiger partial charge in [-0.1, -0.05) is 19.3 Å². The summed E-state index contributed by atoms with van der Waals surface area (Å²) in [6.07, 6.45) is 9.74. The molecule has 1 saturated carbocycles. The van der Waals surface area contributed by atoms with Crippen molar-refractivity contribution >= 4 is 5.91 Å². The molecule has 7 nitrogen and oxygen atoms in total. The highest BCUT2D eigenvalue weighted by atomic mass is 16.2. The van der Waals surface area contributed by atoms with Crippen molar-refractivity contribution in [3.63, 3.8) is 0 Å². The van der Waals surface area contributed by atoms with Gasteiger partial charge in [0.15, 0.2) is 0 Å². The van der Waals surface area contributed by atoms with Gasteiger partial charge < -0.3 is 10.3 Å². The lowest BCUT2D eigenvalue weighted by molar-refractivity contribution is -0.127. The zero-order valence-electron chi connectivity index (χ0n) is 14.0. The second-order valence-electron chi connectivity index (χ2n) is 6.94. The summed E-state index contributed by atoms with van der Waals surface area (Å²) in [6, 6.07) is 0.636. The van der Waals surface area contributed by atoms with Crippen LogP contribution in [0.3, 0.4) is 0 Å². The molecule has 0 radical (unpaired) electrons. The molecule has 7 heteroatoms. The molecule has 1 atom stereocenters. The van der Waals surface area contributed by atoms with Crippen LogP contribution in [0.15, 0.2) is 15.8 Å². The molecule has 3 N–H and O–H groups in total. The van der Waals surface area contributed by atoms with Gasteiger partial charge >= 0.3 is 5.69 Å². The predicted octanol–water partition coefficient (Wildman–Crippen LogP) is 0.724. The molecule has 0 unspecified atom stereocenters. The molecule has 1 aromatic heterocycles. The van der Waals surface area contributed by atoms with Gasteiger partial charge in [-0.2, -0.15) is 0 Å². The van der Waals surface area contributed by atoms with E-state index in [2.05, 4.69) is 20.2 Å². The van der Waals surface area contributed by atoms with E-state index in [1.165, 1.54) is 38.3 Å². The fourth-order valence-electron chi connectivity index (χ4n) is 3.89. The lowest BCUT2D eigenvalue weighted by Crippen LogP contribution is -2.47. The SMILES string of the molecule is O=C(NCc1c[nH]c(=O)[nH]c1=O)[C@@H]1CCCN(C2CCCCC2)C1. The minimum atomic E-state index is -0.537. The standard InChI is InChI=1S/C17H26N4O3/c22-15(18-9-13-10-19-17(24)20-16(13)23)12-5-4-8-21(11-12)14-6-2-1-3-7-14/h10,12,14H,1-9,11H2,(H,18,22)(H2,19,20,23,24)/t12-/m1/s1. The Balaban J connectivity index is 1.54. The first-order valence-electron chi connectivity index (χ1n) is 8.96. The van der Waals surface area contributed by atoms with Gasteiger partial charge in [-0.3, -0.25) is 19.5 Å². The highest BCUT2D eigenvalue weighted by Gasteiger charge is 2.30. The minimum Gasteiger partial charge on any atom is -0.351 e. The van der Waals surface area contributed by atoms with Gasteiger partial charge in [0.05, 0.1) is 11.5 Å².